The van der Waals surface area contributed by atoms with Crippen LogP contribution >= 0.6 is 7.82 Å². The number of nitrogens with zero attached hydrogens (tertiary/aromatic N) is 1. The van der Waals surface area contributed by atoms with E-state index in [0.29, 0.717) is 23.9 Å². The number of amides is 1. The smallest absolute Gasteiger partial charge is 0.306 e. The van der Waals surface area contributed by atoms with Crippen molar-refractivity contribution < 1.29 is 37.3 Å². The number of rotatable bonds is 49. The molecule has 422 valence electrons. The van der Waals surface area contributed by atoms with Crippen LogP contribution in [0.25, 0.3) is 0 Å². The number of hydrogen-bond donors (Lipinski definition) is 1. The van der Waals surface area contributed by atoms with E-state index in [1.54, 1.807) is 6.08 Å². The second-order valence-corrected chi connectivity index (χ2v) is 21.1. The van der Waals surface area contributed by atoms with Crippen molar-refractivity contribution >= 4 is 19.7 Å². The van der Waals surface area contributed by atoms with Crippen LogP contribution in [0.15, 0.2) is 158 Å². The van der Waals surface area contributed by atoms with Crippen LogP contribution in [0, 0.1) is 0 Å². The Kier molecular flexibility index (Phi) is 50.0. The number of nitrogens with one attached hydrogen (secondary N) is 1. The van der Waals surface area contributed by atoms with Gasteiger partial charge in [-0.15, -0.1) is 0 Å². The topological polar surface area (TPSA) is 114 Å². The van der Waals surface area contributed by atoms with Crippen molar-refractivity contribution in [3.63, 3.8) is 0 Å². The molecule has 3 unspecified atom stereocenters. The molecule has 0 saturated heterocycles. The molecule has 0 aromatic carbocycles. The van der Waals surface area contributed by atoms with E-state index in [-0.39, 0.29) is 25.4 Å². The lowest BCUT2D eigenvalue weighted by Gasteiger charge is -2.30. The van der Waals surface area contributed by atoms with Crippen LogP contribution in [0.2, 0.25) is 0 Å². The highest BCUT2D eigenvalue weighted by atomic mass is 31.2. The van der Waals surface area contributed by atoms with E-state index >= 15 is 0 Å². The van der Waals surface area contributed by atoms with Crippen LogP contribution < -0.4 is 10.2 Å². The molecule has 0 aliphatic rings. The summed E-state index contributed by atoms with van der Waals surface area (Å²) >= 11 is 0. The van der Waals surface area contributed by atoms with Gasteiger partial charge in [0, 0.05) is 12.8 Å². The number of likely N-dealkylation sites (N-methyl/N-ethyl adjacent to an activating group) is 1. The minimum Gasteiger partial charge on any atom is -0.756 e. The summed E-state index contributed by atoms with van der Waals surface area (Å²) in [6, 6.07) is -0.971. The molecular weight excluding hydrogens is 952 g/mol. The first-order valence-electron chi connectivity index (χ1n) is 28.8. The maximum absolute atomic E-state index is 13.5. The molecule has 0 aliphatic heterocycles. The Morgan fingerprint density at radius 1 is 0.480 bits per heavy atom. The number of quaternary nitrogens is 1. The molecule has 0 aromatic rings. The maximum Gasteiger partial charge on any atom is 0.306 e. The van der Waals surface area contributed by atoms with E-state index in [0.717, 1.165) is 96.3 Å². The summed E-state index contributed by atoms with van der Waals surface area (Å²) in [6.45, 7) is 6.46. The van der Waals surface area contributed by atoms with Crippen LogP contribution in [-0.2, 0) is 27.9 Å². The van der Waals surface area contributed by atoms with Gasteiger partial charge in [-0.1, -0.05) is 224 Å². The minimum atomic E-state index is -4.74. The quantitative estimate of drug-likeness (QED) is 0.0212. The Morgan fingerprint density at radius 3 is 1.25 bits per heavy atom. The number of allylic oxidation sites excluding steroid dienone is 25. The highest BCUT2D eigenvalue weighted by Gasteiger charge is 2.27. The highest BCUT2D eigenvalue weighted by Crippen LogP contribution is 2.38. The van der Waals surface area contributed by atoms with Crippen molar-refractivity contribution in [1.29, 1.82) is 0 Å². The summed E-state index contributed by atoms with van der Waals surface area (Å²) < 4.78 is 30.1. The van der Waals surface area contributed by atoms with Gasteiger partial charge in [0.2, 0.25) is 5.91 Å². The lowest BCUT2D eigenvalue weighted by atomic mass is 10.1. The summed E-state index contributed by atoms with van der Waals surface area (Å²) in [5.74, 6) is -0.754. The molecular formula is C65H105N2O7P. The van der Waals surface area contributed by atoms with E-state index < -0.39 is 32.5 Å². The monoisotopic (exact) mass is 1060 g/mol. The third-order valence-corrected chi connectivity index (χ3v) is 12.4. The average molecular weight is 1060 g/mol. The summed E-state index contributed by atoms with van der Waals surface area (Å²) in [5.41, 5.74) is 0. The predicted octanol–water partition coefficient (Wildman–Crippen LogP) is 17.0. The van der Waals surface area contributed by atoms with Gasteiger partial charge >= 0.3 is 5.97 Å². The van der Waals surface area contributed by atoms with E-state index in [4.69, 9.17) is 13.8 Å². The molecule has 0 aliphatic carbocycles. The van der Waals surface area contributed by atoms with Crippen LogP contribution in [0.4, 0.5) is 0 Å². The molecule has 0 saturated carbocycles. The second kappa shape index (κ2) is 53.0. The van der Waals surface area contributed by atoms with Gasteiger partial charge in [-0.3, -0.25) is 14.2 Å². The zero-order valence-corrected chi connectivity index (χ0v) is 48.8. The lowest BCUT2D eigenvalue weighted by molar-refractivity contribution is -0.870. The number of phosphoric acid groups is 1. The van der Waals surface area contributed by atoms with Crippen LogP contribution in [0.1, 0.15) is 188 Å². The first kappa shape index (κ1) is 70.6. The van der Waals surface area contributed by atoms with Crippen molar-refractivity contribution in [2.75, 3.05) is 40.9 Å². The van der Waals surface area contributed by atoms with Crippen molar-refractivity contribution in [2.45, 2.75) is 200 Å². The fraction of sp³-hybridized carbons (Fsp3) is 0.569. The Bertz CT molecular complexity index is 1840. The molecule has 1 amide bonds. The molecule has 0 radical (unpaired) electrons. The molecule has 0 aromatic heterocycles. The summed E-state index contributed by atoms with van der Waals surface area (Å²) in [7, 11) is 1.07. The van der Waals surface area contributed by atoms with Gasteiger partial charge < -0.3 is 28.5 Å². The van der Waals surface area contributed by atoms with Crippen molar-refractivity contribution in [3.8, 4) is 0 Å². The first-order chi connectivity index (χ1) is 36.4. The molecule has 1 N–H and O–H groups in total. The molecule has 0 rings (SSSR count). The van der Waals surface area contributed by atoms with Crippen molar-refractivity contribution in [1.82, 2.24) is 5.32 Å². The summed E-state index contributed by atoms with van der Waals surface area (Å²) in [4.78, 5) is 39.8. The van der Waals surface area contributed by atoms with Crippen LogP contribution in [-0.4, -0.2) is 69.4 Å². The molecule has 75 heavy (non-hydrogen) atoms. The molecule has 10 heteroatoms. The van der Waals surface area contributed by atoms with E-state index in [1.807, 2.05) is 51.5 Å². The van der Waals surface area contributed by atoms with Crippen LogP contribution in [0.5, 0.6) is 0 Å². The van der Waals surface area contributed by atoms with Gasteiger partial charge in [-0.25, -0.2) is 0 Å². The predicted molar refractivity (Wildman–Crippen MR) is 320 cm³/mol. The second-order valence-electron chi connectivity index (χ2n) is 19.7. The zero-order valence-electron chi connectivity index (χ0n) is 47.9. The number of ether oxygens (including phenoxy) is 1. The first-order valence-corrected chi connectivity index (χ1v) is 30.3. The fourth-order valence-corrected chi connectivity index (χ4v) is 7.82. The number of phosphoric ester groups is 1. The van der Waals surface area contributed by atoms with Gasteiger partial charge in [-0.2, -0.15) is 0 Å². The summed E-state index contributed by atoms with van der Waals surface area (Å²) in [5, 5.41) is 2.94. The van der Waals surface area contributed by atoms with Gasteiger partial charge in [0.25, 0.3) is 7.82 Å². The third-order valence-electron chi connectivity index (χ3n) is 11.5. The molecule has 0 bridgehead atoms. The number of carbonyl (C=O) groups is 2. The normalized spacial score (nSPS) is 14.9. The van der Waals surface area contributed by atoms with Gasteiger partial charge in [-0.05, 0) is 109 Å². The number of carbonyl (C=O) groups excluding carboxylic acids is 2. The van der Waals surface area contributed by atoms with Gasteiger partial charge in [0.1, 0.15) is 19.3 Å². The number of hydrogen-bond acceptors (Lipinski definition) is 7. The number of unbranched alkanes of at least 4 members (excludes halogenated alkanes) is 9. The fourth-order valence-electron chi connectivity index (χ4n) is 7.10. The molecule has 0 heterocycles. The average Bonchev–Trinajstić information content (AvgIpc) is 3.37. The largest absolute Gasteiger partial charge is 0.756 e. The Morgan fingerprint density at radius 2 is 0.853 bits per heavy atom. The maximum atomic E-state index is 13.5. The molecule has 0 fully saturated rings. The van der Waals surface area contributed by atoms with E-state index in [1.165, 1.54) is 44.9 Å². The van der Waals surface area contributed by atoms with Gasteiger partial charge in [0.05, 0.1) is 33.8 Å². The molecule has 3 atom stereocenters. The molecule has 0 spiro atoms. The Hall–Kier alpha value is -4.37. The lowest BCUT2D eigenvalue weighted by Crippen LogP contribution is -2.47. The van der Waals surface area contributed by atoms with Crippen molar-refractivity contribution in [3.05, 3.63) is 158 Å². The SMILES string of the molecule is CC/C=C\C/C=C\C/C=C\C/C=C\C/C=C\C/C=C\CCC(=O)NC(COP(=O)([O-])OCC[N+](C)(C)C)C(/C=C/CCCCCCCCCCC)OC(=O)CC/C=C\C/C=C\C/C=C\C/C=C\C/C=C\C/C=C\CC. The van der Waals surface area contributed by atoms with Crippen molar-refractivity contribution in [2.24, 2.45) is 0 Å². The summed E-state index contributed by atoms with van der Waals surface area (Å²) in [6.07, 6.45) is 78.2. The molecule has 9 nitrogen and oxygen atoms in total. The Balaban J connectivity index is 5.56. The third kappa shape index (κ3) is 54.2. The Labute approximate surface area is 459 Å². The highest BCUT2D eigenvalue weighted by molar-refractivity contribution is 7.45. The van der Waals surface area contributed by atoms with Gasteiger partial charge in [0.15, 0.2) is 0 Å². The standard InChI is InChI=1S/C65H105N2O7P/c1-7-10-13-16-19-22-25-27-29-31-33-35-37-39-42-45-48-51-54-57-64(68)66-62(61-73-75(70,71)72-60-59-67(4,5)6)63(56-53-50-47-44-41-24-21-18-15-12-9-3)74-65(69)58-55-52-49-46-43-40-38-36-34-32-30-28-26-23-20-17-14-11-8-2/h10-11,13-14,19-20,22-23,27-30,33-36,39-40,42-43,48-49,51-53,56,62-63H,7-9,12,15-18,21,24-26,31-32,37-38,41,44-47,50,54-55,57-61H2,1-6H3,(H-,66,68,70,71)/b13-10-,14-11-,22-19-,23-20-,29-27-,30-28-,35-33-,36-34-,42-39-,43-40-,51-48-,52-49-,56-53+. The van der Waals surface area contributed by atoms with Crippen LogP contribution in [0.3, 0.4) is 0 Å². The minimum absolute atomic E-state index is 0.0566. The number of esters is 1. The van der Waals surface area contributed by atoms with E-state index in [2.05, 4.69) is 148 Å². The van der Waals surface area contributed by atoms with E-state index in [9.17, 15) is 19.0 Å². The zero-order chi connectivity index (χ0) is 55.0.